The van der Waals surface area contributed by atoms with E-state index < -0.39 is 0 Å². The third-order valence-corrected chi connectivity index (χ3v) is 4.13. The molecule has 1 aromatic carbocycles. The number of pyridine rings is 1. The molecule has 3 heteroatoms. The molecule has 0 aliphatic heterocycles. The number of rotatable bonds is 2. The van der Waals surface area contributed by atoms with Crippen LogP contribution < -0.4 is 0 Å². The van der Waals surface area contributed by atoms with Crippen LogP contribution in [0.3, 0.4) is 0 Å². The van der Waals surface area contributed by atoms with E-state index >= 15 is 0 Å². The molecule has 22 heavy (non-hydrogen) atoms. The van der Waals surface area contributed by atoms with Crippen molar-refractivity contribution >= 4 is 11.0 Å². The second-order valence-electron chi connectivity index (χ2n) is 5.60. The van der Waals surface area contributed by atoms with Gasteiger partial charge in [-0.1, -0.05) is 18.2 Å². The first-order valence-corrected chi connectivity index (χ1v) is 7.30. The fourth-order valence-electron chi connectivity index (χ4n) is 3.07. The molecule has 3 heterocycles. The van der Waals surface area contributed by atoms with E-state index in [-0.39, 0.29) is 0 Å². The Morgan fingerprint density at radius 3 is 2.59 bits per heavy atom. The zero-order chi connectivity index (χ0) is 15.1. The zero-order valence-corrected chi connectivity index (χ0v) is 12.6. The number of H-pyrrole nitrogens is 1. The molecule has 108 valence electrons. The Hall–Kier alpha value is -2.81. The highest BCUT2D eigenvalue weighted by atomic mass is 16.3. The van der Waals surface area contributed by atoms with Crippen LogP contribution in [0.25, 0.3) is 33.3 Å². The van der Waals surface area contributed by atoms with Gasteiger partial charge in [-0.2, -0.15) is 0 Å². The van der Waals surface area contributed by atoms with Gasteiger partial charge in [-0.05, 0) is 42.7 Å². The Morgan fingerprint density at radius 2 is 1.86 bits per heavy atom. The van der Waals surface area contributed by atoms with E-state index in [4.69, 9.17) is 4.42 Å². The predicted molar refractivity (Wildman–Crippen MR) is 88.7 cm³/mol. The number of aromatic amines is 1. The molecular weight excluding hydrogens is 272 g/mol. The van der Waals surface area contributed by atoms with E-state index in [0.29, 0.717) is 0 Å². The van der Waals surface area contributed by atoms with Gasteiger partial charge in [0.05, 0.1) is 12.5 Å². The molecule has 4 aromatic rings. The molecule has 4 rings (SSSR count). The maximum Gasteiger partial charge on any atom is 0.137 e. The van der Waals surface area contributed by atoms with Crippen molar-refractivity contribution in [2.45, 2.75) is 13.8 Å². The SMILES string of the molecule is Cc1cccc(C)c1-c1cnc2[nH]cc(-c3ccoc3)c2c1. The summed E-state index contributed by atoms with van der Waals surface area (Å²) in [5.74, 6) is 0. The molecule has 3 aromatic heterocycles. The van der Waals surface area contributed by atoms with Gasteiger partial charge in [0.15, 0.2) is 0 Å². The molecule has 0 spiro atoms. The Morgan fingerprint density at radius 1 is 1.05 bits per heavy atom. The van der Waals surface area contributed by atoms with Crippen LogP contribution in [0.15, 0.2) is 59.7 Å². The molecule has 0 fully saturated rings. The van der Waals surface area contributed by atoms with Crippen LogP contribution in [0, 0.1) is 13.8 Å². The topological polar surface area (TPSA) is 41.8 Å². The lowest BCUT2D eigenvalue weighted by Gasteiger charge is -2.10. The van der Waals surface area contributed by atoms with Crippen molar-refractivity contribution in [1.82, 2.24) is 9.97 Å². The van der Waals surface area contributed by atoms with E-state index in [9.17, 15) is 0 Å². The summed E-state index contributed by atoms with van der Waals surface area (Å²) >= 11 is 0. The molecule has 0 aliphatic carbocycles. The Bertz CT molecular complexity index is 929. The summed E-state index contributed by atoms with van der Waals surface area (Å²) in [4.78, 5) is 7.82. The lowest BCUT2D eigenvalue weighted by Crippen LogP contribution is -1.89. The summed E-state index contributed by atoms with van der Waals surface area (Å²) in [6.07, 6.45) is 7.37. The minimum absolute atomic E-state index is 0.895. The molecule has 3 nitrogen and oxygen atoms in total. The average molecular weight is 288 g/mol. The van der Waals surface area contributed by atoms with E-state index in [2.05, 4.69) is 48.1 Å². The minimum Gasteiger partial charge on any atom is -0.472 e. The number of aryl methyl sites for hydroxylation is 2. The second kappa shape index (κ2) is 4.88. The lowest BCUT2D eigenvalue weighted by molar-refractivity contribution is 0.568. The Balaban J connectivity index is 1.96. The number of furan rings is 1. The molecule has 0 bridgehead atoms. The lowest BCUT2D eigenvalue weighted by atomic mass is 9.96. The van der Waals surface area contributed by atoms with Gasteiger partial charge in [-0.3, -0.25) is 0 Å². The largest absolute Gasteiger partial charge is 0.472 e. The van der Waals surface area contributed by atoms with Crippen LogP contribution in [0.1, 0.15) is 11.1 Å². The second-order valence-corrected chi connectivity index (χ2v) is 5.60. The molecule has 0 saturated carbocycles. The molecule has 0 atom stereocenters. The van der Waals surface area contributed by atoms with Gasteiger partial charge in [0.1, 0.15) is 5.65 Å². The first kappa shape index (κ1) is 12.9. The van der Waals surface area contributed by atoms with Crippen LogP contribution in [0.2, 0.25) is 0 Å². The third-order valence-electron chi connectivity index (χ3n) is 4.13. The number of fused-ring (bicyclic) bond motifs is 1. The summed E-state index contributed by atoms with van der Waals surface area (Å²) in [5.41, 5.74) is 8.01. The van der Waals surface area contributed by atoms with Crippen molar-refractivity contribution in [2.75, 3.05) is 0 Å². The minimum atomic E-state index is 0.895. The number of hydrogen-bond acceptors (Lipinski definition) is 2. The van der Waals surface area contributed by atoms with Gasteiger partial charge in [-0.15, -0.1) is 0 Å². The first-order chi connectivity index (χ1) is 10.7. The zero-order valence-electron chi connectivity index (χ0n) is 12.6. The molecule has 0 saturated heterocycles. The van der Waals surface area contributed by atoms with Gasteiger partial charge in [0.2, 0.25) is 0 Å². The van der Waals surface area contributed by atoms with E-state index in [1.54, 1.807) is 12.5 Å². The normalized spacial score (nSPS) is 11.2. The van der Waals surface area contributed by atoms with Gasteiger partial charge in [-0.25, -0.2) is 4.98 Å². The quantitative estimate of drug-likeness (QED) is 0.557. The average Bonchev–Trinajstić information content (AvgIpc) is 3.15. The van der Waals surface area contributed by atoms with Gasteiger partial charge >= 0.3 is 0 Å². The predicted octanol–water partition coefficient (Wildman–Crippen LogP) is 5.11. The van der Waals surface area contributed by atoms with Crippen molar-refractivity contribution in [3.8, 4) is 22.3 Å². The van der Waals surface area contributed by atoms with Gasteiger partial charge < -0.3 is 9.40 Å². The molecule has 0 radical (unpaired) electrons. The van der Waals surface area contributed by atoms with Crippen LogP contribution in [0.5, 0.6) is 0 Å². The van der Waals surface area contributed by atoms with Crippen molar-refractivity contribution in [3.63, 3.8) is 0 Å². The van der Waals surface area contributed by atoms with Crippen LogP contribution in [-0.4, -0.2) is 9.97 Å². The summed E-state index contributed by atoms with van der Waals surface area (Å²) in [5, 5.41) is 1.11. The van der Waals surface area contributed by atoms with E-state index in [0.717, 1.165) is 27.7 Å². The maximum atomic E-state index is 5.21. The van der Waals surface area contributed by atoms with Crippen LogP contribution >= 0.6 is 0 Å². The Labute approximate surface area is 128 Å². The number of nitrogens with zero attached hydrogens (tertiary/aromatic N) is 1. The van der Waals surface area contributed by atoms with Gasteiger partial charge in [0.25, 0.3) is 0 Å². The smallest absolute Gasteiger partial charge is 0.137 e. The number of benzene rings is 1. The molecule has 0 aliphatic rings. The monoisotopic (exact) mass is 288 g/mol. The molecular formula is C19H16N2O. The van der Waals surface area contributed by atoms with Crippen molar-refractivity contribution in [3.05, 3.63) is 66.4 Å². The first-order valence-electron chi connectivity index (χ1n) is 7.30. The maximum absolute atomic E-state index is 5.21. The third kappa shape index (κ3) is 1.94. The summed E-state index contributed by atoms with van der Waals surface area (Å²) < 4.78 is 5.21. The van der Waals surface area contributed by atoms with Crippen molar-refractivity contribution in [2.24, 2.45) is 0 Å². The van der Waals surface area contributed by atoms with Crippen LogP contribution in [-0.2, 0) is 0 Å². The summed E-state index contributed by atoms with van der Waals surface area (Å²) in [7, 11) is 0. The van der Waals surface area contributed by atoms with Gasteiger partial charge in [0, 0.05) is 34.5 Å². The number of aromatic nitrogens is 2. The van der Waals surface area contributed by atoms with E-state index in [1.165, 1.54) is 16.7 Å². The van der Waals surface area contributed by atoms with Crippen molar-refractivity contribution in [1.29, 1.82) is 0 Å². The Kier molecular flexibility index (Phi) is 2.86. The molecule has 0 unspecified atom stereocenters. The number of hydrogen-bond donors (Lipinski definition) is 1. The highest BCUT2D eigenvalue weighted by Gasteiger charge is 2.11. The van der Waals surface area contributed by atoms with Crippen molar-refractivity contribution < 1.29 is 4.42 Å². The summed E-state index contributed by atoms with van der Waals surface area (Å²) in [6.45, 7) is 4.28. The molecule has 0 amide bonds. The van der Waals surface area contributed by atoms with E-state index in [1.807, 2.05) is 18.5 Å². The van der Waals surface area contributed by atoms with Crippen LogP contribution in [0.4, 0.5) is 0 Å². The summed E-state index contributed by atoms with van der Waals surface area (Å²) in [6, 6.07) is 10.5. The molecule has 1 N–H and O–H groups in total. The highest BCUT2D eigenvalue weighted by Crippen LogP contribution is 2.33. The fraction of sp³-hybridized carbons (Fsp3) is 0.105. The number of nitrogens with one attached hydrogen (secondary N) is 1. The fourth-order valence-corrected chi connectivity index (χ4v) is 3.07. The highest BCUT2D eigenvalue weighted by molar-refractivity contribution is 5.95. The standard InChI is InChI=1S/C19H16N2O/c1-12-4-3-5-13(2)18(12)15-8-16-17(14-6-7-22-11-14)10-21-19(16)20-9-15/h3-11H,1-2H3,(H,20,21).